The zero-order valence-corrected chi connectivity index (χ0v) is 19.2. The van der Waals surface area contributed by atoms with E-state index in [0.29, 0.717) is 19.6 Å². The molecular formula is C21H30BrF2N3O3. The highest BCUT2D eigenvalue weighted by Gasteiger charge is 2.36. The summed E-state index contributed by atoms with van der Waals surface area (Å²) in [6, 6.07) is 9.06. The fraction of sp³-hybridized carbons (Fsp3) is 0.619. The molecule has 0 saturated carbocycles. The zero-order chi connectivity index (χ0) is 22.4. The topological polar surface area (TPSA) is 70.7 Å². The van der Waals surface area contributed by atoms with E-state index in [4.69, 9.17) is 4.74 Å². The summed E-state index contributed by atoms with van der Waals surface area (Å²) >= 11 is 2.76. The van der Waals surface area contributed by atoms with Crippen molar-refractivity contribution in [3.8, 4) is 0 Å². The average Bonchev–Trinajstić information content (AvgIpc) is 3.00. The number of ether oxygens (including phenoxy) is 1. The van der Waals surface area contributed by atoms with Crippen molar-refractivity contribution in [1.29, 1.82) is 0 Å². The molecule has 2 rings (SSSR count). The Morgan fingerprint density at radius 1 is 1.13 bits per heavy atom. The fourth-order valence-corrected chi connectivity index (χ4v) is 3.53. The van der Waals surface area contributed by atoms with Gasteiger partial charge in [-0.2, -0.15) is 0 Å². The van der Waals surface area contributed by atoms with Gasteiger partial charge in [0.15, 0.2) is 0 Å². The summed E-state index contributed by atoms with van der Waals surface area (Å²) in [6.45, 7) is 6.97. The Balaban J connectivity index is 2.00. The summed E-state index contributed by atoms with van der Waals surface area (Å²) < 4.78 is 32.2. The number of benzene rings is 1. The number of hydrogen-bond donors (Lipinski definition) is 2. The smallest absolute Gasteiger partial charge is 0.407 e. The number of nitrogens with zero attached hydrogens (tertiary/aromatic N) is 1. The van der Waals surface area contributed by atoms with Crippen molar-refractivity contribution in [3.63, 3.8) is 0 Å². The highest BCUT2D eigenvalue weighted by molar-refractivity contribution is 9.09. The van der Waals surface area contributed by atoms with Crippen molar-refractivity contribution in [2.75, 3.05) is 18.4 Å². The van der Waals surface area contributed by atoms with Gasteiger partial charge in [0.1, 0.15) is 5.60 Å². The lowest BCUT2D eigenvalue weighted by Gasteiger charge is -2.25. The van der Waals surface area contributed by atoms with E-state index < -0.39 is 41.3 Å². The van der Waals surface area contributed by atoms with Gasteiger partial charge in [0.25, 0.3) is 5.92 Å². The minimum Gasteiger partial charge on any atom is -0.444 e. The van der Waals surface area contributed by atoms with Crippen LogP contribution in [0.25, 0.3) is 0 Å². The third-order valence-electron chi connectivity index (χ3n) is 4.61. The summed E-state index contributed by atoms with van der Waals surface area (Å²) in [5, 5.41) is 5.15. The van der Waals surface area contributed by atoms with Crippen LogP contribution in [0.3, 0.4) is 0 Å². The van der Waals surface area contributed by atoms with Crippen LogP contribution in [0.5, 0.6) is 0 Å². The van der Waals surface area contributed by atoms with Crippen LogP contribution in [0, 0.1) is 0 Å². The zero-order valence-electron chi connectivity index (χ0n) is 17.6. The molecule has 1 unspecified atom stereocenters. The molecular weight excluding hydrogens is 460 g/mol. The first-order chi connectivity index (χ1) is 14.0. The Morgan fingerprint density at radius 3 is 2.30 bits per heavy atom. The predicted molar refractivity (Wildman–Crippen MR) is 115 cm³/mol. The van der Waals surface area contributed by atoms with Gasteiger partial charge in [-0.3, -0.25) is 9.69 Å². The number of likely N-dealkylation sites (tertiary alicyclic amines) is 1. The molecule has 0 aliphatic carbocycles. The molecule has 1 fully saturated rings. The van der Waals surface area contributed by atoms with Crippen LogP contribution >= 0.6 is 15.9 Å². The Kier molecular flexibility index (Phi) is 8.61. The molecule has 0 bridgehead atoms. The second kappa shape index (κ2) is 10.5. The van der Waals surface area contributed by atoms with Crippen molar-refractivity contribution >= 4 is 27.9 Å². The molecule has 1 aliphatic heterocycles. The van der Waals surface area contributed by atoms with E-state index in [2.05, 4.69) is 31.5 Å². The summed E-state index contributed by atoms with van der Waals surface area (Å²) in [4.78, 5) is 26.6. The summed E-state index contributed by atoms with van der Waals surface area (Å²) in [7, 11) is 0. The number of amides is 2. The molecule has 1 aromatic rings. The number of hydrogen-bond acceptors (Lipinski definition) is 4. The standard InChI is InChI=1S/C21H30BrF2N3O3/c1-20(2,3)30-19(29)26-17-13-27(11-15-7-5-4-6-8-15)12-16(17)25-18(28)9-10-21(23,24)14-22/h4-8,16-17H,9-14H2,1-3H3,(H,25,28)(H,26,29)/t16?,17-/m0/s1. The van der Waals surface area contributed by atoms with Crippen molar-refractivity contribution in [1.82, 2.24) is 15.5 Å². The largest absolute Gasteiger partial charge is 0.444 e. The van der Waals surface area contributed by atoms with Crippen LogP contribution in [0.4, 0.5) is 13.6 Å². The number of rotatable bonds is 8. The number of nitrogens with one attached hydrogen (secondary N) is 2. The molecule has 30 heavy (non-hydrogen) atoms. The molecule has 9 heteroatoms. The van der Waals surface area contributed by atoms with E-state index in [9.17, 15) is 18.4 Å². The molecule has 1 heterocycles. The first-order valence-corrected chi connectivity index (χ1v) is 11.1. The molecule has 0 aromatic heterocycles. The number of carbonyl (C=O) groups excluding carboxylic acids is 2. The molecule has 2 N–H and O–H groups in total. The second-order valence-electron chi connectivity index (χ2n) is 8.60. The first kappa shape index (κ1) is 24.5. The minimum atomic E-state index is -2.93. The Hall–Kier alpha value is -1.74. The second-order valence-corrected chi connectivity index (χ2v) is 9.16. The van der Waals surface area contributed by atoms with Crippen LogP contribution in [0.2, 0.25) is 0 Å². The van der Waals surface area contributed by atoms with Crippen molar-refractivity contribution in [2.45, 2.75) is 63.8 Å². The average molecular weight is 490 g/mol. The van der Waals surface area contributed by atoms with E-state index in [1.807, 2.05) is 30.3 Å². The van der Waals surface area contributed by atoms with Gasteiger partial charge in [0.2, 0.25) is 5.91 Å². The van der Waals surface area contributed by atoms with Gasteiger partial charge < -0.3 is 15.4 Å². The first-order valence-electron chi connectivity index (χ1n) is 9.96. The van der Waals surface area contributed by atoms with Gasteiger partial charge in [-0.25, -0.2) is 13.6 Å². The van der Waals surface area contributed by atoms with Gasteiger partial charge >= 0.3 is 6.09 Å². The van der Waals surface area contributed by atoms with E-state index in [1.54, 1.807) is 20.8 Å². The molecule has 1 aromatic carbocycles. The number of halogens is 3. The summed E-state index contributed by atoms with van der Waals surface area (Å²) in [5.74, 6) is -3.39. The highest BCUT2D eigenvalue weighted by Crippen LogP contribution is 2.23. The normalized spacial score (nSPS) is 20.1. The molecule has 168 valence electrons. The maximum absolute atomic E-state index is 13.4. The summed E-state index contributed by atoms with van der Waals surface area (Å²) in [6.07, 6.45) is -1.39. The van der Waals surface area contributed by atoms with Crippen molar-refractivity contribution in [2.24, 2.45) is 0 Å². The van der Waals surface area contributed by atoms with Crippen LogP contribution in [0.15, 0.2) is 30.3 Å². The van der Waals surface area contributed by atoms with Crippen LogP contribution in [-0.4, -0.2) is 58.9 Å². The fourth-order valence-electron chi connectivity index (χ4n) is 3.25. The minimum absolute atomic E-state index is 0.285. The van der Waals surface area contributed by atoms with Crippen LogP contribution in [0.1, 0.15) is 39.2 Å². The third-order valence-corrected chi connectivity index (χ3v) is 5.43. The highest BCUT2D eigenvalue weighted by atomic mass is 79.9. The number of alkyl carbamates (subject to hydrolysis) is 1. The Labute approximate surface area is 184 Å². The maximum atomic E-state index is 13.4. The molecule has 6 nitrogen and oxygen atoms in total. The predicted octanol–water partition coefficient (Wildman–Crippen LogP) is 3.69. The van der Waals surface area contributed by atoms with E-state index in [-0.39, 0.29) is 12.5 Å². The molecule has 2 amide bonds. The van der Waals surface area contributed by atoms with Gasteiger partial charge in [-0.1, -0.05) is 46.3 Å². The number of carbonyl (C=O) groups is 2. The SMILES string of the molecule is CC(C)(C)OC(=O)N[C@H]1CN(Cc2ccccc2)CC1NC(=O)CCC(F)(F)CBr. The Morgan fingerprint density at radius 2 is 1.73 bits per heavy atom. The van der Waals surface area contributed by atoms with Crippen molar-refractivity contribution in [3.05, 3.63) is 35.9 Å². The van der Waals surface area contributed by atoms with Gasteiger partial charge in [-0.05, 0) is 26.3 Å². The molecule has 0 spiro atoms. The lowest BCUT2D eigenvalue weighted by molar-refractivity contribution is -0.123. The molecule has 1 aliphatic rings. The monoisotopic (exact) mass is 489 g/mol. The lowest BCUT2D eigenvalue weighted by atomic mass is 10.1. The van der Waals surface area contributed by atoms with Crippen LogP contribution < -0.4 is 10.6 Å². The third kappa shape index (κ3) is 8.55. The van der Waals surface area contributed by atoms with Crippen LogP contribution in [-0.2, 0) is 16.1 Å². The van der Waals surface area contributed by atoms with Crippen molar-refractivity contribution < 1.29 is 23.1 Å². The maximum Gasteiger partial charge on any atom is 0.407 e. The summed E-state index contributed by atoms with van der Waals surface area (Å²) in [5.41, 5.74) is 0.462. The van der Waals surface area contributed by atoms with E-state index >= 15 is 0 Å². The van der Waals surface area contributed by atoms with Gasteiger partial charge in [0, 0.05) is 32.5 Å². The quantitative estimate of drug-likeness (QED) is 0.546. The Bertz CT molecular complexity index is 713. The molecule has 0 radical (unpaired) electrons. The number of alkyl halides is 3. The van der Waals surface area contributed by atoms with Gasteiger partial charge in [-0.15, -0.1) is 0 Å². The van der Waals surface area contributed by atoms with E-state index in [1.165, 1.54) is 0 Å². The van der Waals surface area contributed by atoms with E-state index in [0.717, 1.165) is 5.56 Å². The van der Waals surface area contributed by atoms with Gasteiger partial charge in [0.05, 0.1) is 17.4 Å². The lowest BCUT2D eigenvalue weighted by Crippen LogP contribution is -2.52. The molecule has 2 atom stereocenters. The molecule has 1 saturated heterocycles.